The number of allylic oxidation sites excluding steroid dienone is 2. The van der Waals surface area contributed by atoms with Crippen LogP contribution in [-0.2, 0) is 6.42 Å². The molecule has 5 nitrogen and oxygen atoms in total. The van der Waals surface area contributed by atoms with E-state index in [9.17, 15) is 14.7 Å². The lowest BCUT2D eigenvalue weighted by atomic mass is 9.92. The van der Waals surface area contributed by atoms with Gasteiger partial charge in [0.25, 0.3) is 0 Å². The number of fused-ring (bicyclic) bond motifs is 3. The zero-order chi connectivity index (χ0) is 19.8. The van der Waals surface area contributed by atoms with Crippen LogP contribution < -0.4 is 10.4 Å². The van der Waals surface area contributed by atoms with E-state index in [-0.39, 0.29) is 16.9 Å². The minimum atomic E-state index is -0.590. The maximum Gasteiger partial charge on any atom is 0.336 e. The van der Waals surface area contributed by atoms with Gasteiger partial charge in [-0.05, 0) is 44.1 Å². The van der Waals surface area contributed by atoms with Gasteiger partial charge in [0.05, 0.1) is 10.9 Å². The summed E-state index contributed by atoms with van der Waals surface area (Å²) < 4.78 is 11.5. The molecule has 0 spiro atoms. The first-order chi connectivity index (χ1) is 12.8. The zero-order valence-electron chi connectivity index (χ0n) is 15.5. The van der Waals surface area contributed by atoms with Crippen molar-refractivity contribution in [3.8, 4) is 11.5 Å². The lowest BCUT2D eigenvalue weighted by Gasteiger charge is -2.30. The molecular weight excluding hydrogens is 412 g/mol. The molecule has 1 aromatic heterocycles. The van der Waals surface area contributed by atoms with Gasteiger partial charge in [0, 0.05) is 11.4 Å². The Labute approximate surface area is 165 Å². The molecule has 0 bridgehead atoms. The molecule has 1 aliphatic rings. The summed E-state index contributed by atoms with van der Waals surface area (Å²) in [7, 11) is 0. The van der Waals surface area contributed by atoms with Crippen molar-refractivity contribution in [2.75, 3.05) is 5.33 Å². The minimum Gasteiger partial charge on any atom is -0.506 e. The summed E-state index contributed by atoms with van der Waals surface area (Å²) in [6.45, 7) is 5.79. The predicted octanol–water partition coefficient (Wildman–Crippen LogP) is 4.77. The van der Waals surface area contributed by atoms with E-state index in [0.29, 0.717) is 28.5 Å². The second-order valence-electron chi connectivity index (χ2n) is 6.97. The van der Waals surface area contributed by atoms with Crippen LogP contribution in [0.5, 0.6) is 11.5 Å². The third kappa shape index (κ3) is 3.58. The molecule has 0 fully saturated rings. The van der Waals surface area contributed by atoms with Gasteiger partial charge in [0.1, 0.15) is 22.7 Å². The van der Waals surface area contributed by atoms with Crippen LogP contribution in [0, 0.1) is 0 Å². The number of hydrogen-bond donors (Lipinski definition) is 1. The van der Waals surface area contributed by atoms with Crippen LogP contribution in [0.25, 0.3) is 17.0 Å². The van der Waals surface area contributed by atoms with Gasteiger partial charge in [0.15, 0.2) is 11.4 Å². The number of carbonyl (C=O) groups is 1. The van der Waals surface area contributed by atoms with Gasteiger partial charge in [-0.15, -0.1) is 0 Å². The van der Waals surface area contributed by atoms with Crippen LogP contribution in [-0.4, -0.2) is 21.8 Å². The number of carbonyl (C=O) groups excluding carboxylic acids is 1. The Kier molecular flexibility index (Phi) is 5.29. The third-order valence-electron chi connectivity index (χ3n) is 4.37. The van der Waals surface area contributed by atoms with E-state index < -0.39 is 17.0 Å². The maximum atomic E-state index is 12.7. The molecule has 0 atom stereocenters. The molecule has 3 rings (SSSR count). The molecule has 2 heterocycles. The Balaban J connectivity index is 2.47. The summed E-state index contributed by atoms with van der Waals surface area (Å²) in [5, 5.41) is 11.9. The quantitative estimate of drug-likeness (QED) is 0.318. The van der Waals surface area contributed by atoms with Crippen molar-refractivity contribution in [1.82, 2.24) is 0 Å². The molecule has 1 N–H and O–H groups in total. The normalized spacial score (nSPS) is 15.1. The number of aromatic hydroxyl groups is 1. The van der Waals surface area contributed by atoms with Gasteiger partial charge in [-0.3, -0.25) is 4.79 Å². The first-order valence-electron chi connectivity index (χ1n) is 8.79. The van der Waals surface area contributed by atoms with Gasteiger partial charge in [0.2, 0.25) is 0 Å². The Morgan fingerprint density at radius 1 is 1.37 bits per heavy atom. The Hall–Kier alpha value is -2.34. The minimum absolute atomic E-state index is 0.0241. The number of aryl methyl sites for hydroxylation is 1. The molecule has 1 aromatic carbocycles. The van der Waals surface area contributed by atoms with E-state index in [1.54, 1.807) is 12.2 Å². The molecule has 142 valence electrons. The molecule has 0 saturated carbocycles. The number of phenolic OH excluding ortho intramolecular Hbond substituents is 1. The fourth-order valence-electron chi connectivity index (χ4n) is 3.22. The highest BCUT2D eigenvalue weighted by molar-refractivity contribution is 9.09. The number of ketones is 1. The van der Waals surface area contributed by atoms with Gasteiger partial charge in [-0.1, -0.05) is 35.4 Å². The lowest BCUT2D eigenvalue weighted by Crippen LogP contribution is -2.28. The molecule has 1 aliphatic heterocycles. The summed E-state index contributed by atoms with van der Waals surface area (Å²) in [5.74, 6) is -0.247. The second kappa shape index (κ2) is 7.35. The fraction of sp³-hybridized carbons (Fsp3) is 0.333. The SMILES string of the molecule is CCCc1cc(=O)oc2c(C(=O)/C=C\CBr)c(O)c3c(c12)OC(C)(C)C=C3. The number of benzene rings is 1. The van der Waals surface area contributed by atoms with Crippen molar-refractivity contribution in [3.05, 3.63) is 51.4 Å². The molecule has 0 saturated heterocycles. The molecule has 2 aromatic rings. The second-order valence-corrected chi connectivity index (χ2v) is 7.62. The van der Waals surface area contributed by atoms with E-state index in [2.05, 4.69) is 15.9 Å². The number of alkyl halides is 1. The van der Waals surface area contributed by atoms with Crippen molar-refractivity contribution < 1.29 is 19.1 Å². The lowest BCUT2D eigenvalue weighted by molar-refractivity contribution is 0.104. The largest absolute Gasteiger partial charge is 0.506 e. The fourth-order valence-corrected chi connectivity index (χ4v) is 3.41. The zero-order valence-corrected chi connectivity index (χ0v) is 17.1. The Bertz CT molecular complexity index is 1030. The van der Waals surface area contributed by atoms with Crippen LogP contribution in [0.2, 0.25) is 0 Å². The summed E-state index contributed by atoms with van der Waals surface area (Å²) >= 11 is 3.23. The average molecular weight is 433 g/mol. The highest BCUT2D eigenvalue weighted by Crippen LogP contribution is 2.46. The maximum absolute atomic E-state index is 12.7. The summed E-state index contributed by atoms with van der Waals surface area (Å²) in [5.41, 5.74) is 0.0528. The van der Waals surface area contributed by atoms with Crippen molar-refractivity contribution >= 4 is 38.8 Å². The van der Waals surface area contributed by atoms with Crippen molar-refractivity contribution in [3.63, 3.8) is 0 Å². The van der Waals surface area contributed by atoms with E-state index >= 15 is 0 Å². The topological polar surface area (TPSA) is 76.7 Å². The number of hydrogen-bond acceptors (Lipinski definition) is 5. The summed E-state index contributed by atoms with van der Waals surface area (Å²) in [6.07, 6.45) is 7.97. The van der Waals surface area contributed by atoms with Crippen molar-refractivity contribution in [2.45, 2.75) is 39.2 Å². The van der Waals surface area contributed by atoms with Crippen LogP contribution in [0.3, 0.4) is 0 Å². The number of phenols is 1. The van der Waals surface area contributed by atoms with E-state index in [1.807, 2.05) is 26.8 Å². The summed E-state index contributed by atoms with van der Waals surface area (Å²) in [6, 6.07) is 1.43. The van der Waals surface area contributed by atoms with E-state index in [4.69, 9.17) is 9.15 Å². The van der Waals surface area contributed by atoms with Crippen LogP contribution >= 0.6 is 15.9 Å². The van der Waals surface area contributed by atoms with E-state index in [0.717, 1.165) is 12.0 Å². The highest BCUT2D eigenvalue weighted by atomic mass is 79.9. The number of ether oxygens (including phenoxy) is 1. The van der Waals surface area contributed by atoms with E-state index in [1.165, 1.54) is 12.1 Å². The Morgan fingerprint density at radius 2 is 2.11 bits per heavy atom. The van der Waals surface area contributed by atoms with Crippen molar-refractivity contribution in [2.24, 2.45) is 0 Å². The molecule has 27 heavy (non-hydrogen) atoms. The molecular formula is C21H21BrO5. The van der Waals surface area contributed by atoms with Gasteiger partial charge in [-0.2, -0.15) is 0 Å². The van der Waals surface area contributed by atoms with Crippen LogP contribution in [0.4, 0.5) is 0 Å². The van der Waals surface area contributed by atoms with Gasteiger partial charge in [-0.25, -0.2) is 4.79 Å². The standard InChI is InChI=1S/C21H21BrO5/c1-4-6-12-11-15(24)26-20-16(12)19-13(8-9-21(2,3)27-19)18(25)17(20)14(23)7-5-10-22/h5,7-9,11,25H,4,6,10H2,1-3H3/b7-5-. The average Bonchev–Trinajstić information content (AvgIpc) is 2.58. The molecule has 0 amide bonds. The summed E-state index contributed by atoms with van der Waals surface area (Å²) in [4.78, 5) is 24.9. The first-order valence-corrected chi connectivity index (χ1v) is 9.92. The predicted molar refractivity (Wildman–Crippen MR) is 109 cm³/mol. The molecule has 0 aliphatic carbocycles. The van der Waals surface area contributed by atoms with Crippen LogP contribution in [0.15, 0.2) is 33.5 Å². The van der Waals surface area contributed by atoms with Crippen LogP contribution in [0.1, 0.15) is 48.7 Å². The number of rotatable bonds is 5. The Morgan fingerprint density at radius 3 is 2.78 bits per heavy atom. The molecule has 0 radical (unpaired) electrons. The molecule has 6 heteroatoms. The number of halogens is 1. The first kappa shape index (κ1) is 19.4. The third-order valence-corrected chi connectivity index (χ3v) is 4.75. The monoisotopic (exact) mass is 432 g/mol. The smallest absolute Gasteiger partial charge is 0.336 e. The molecule has 0 unspecified atom stereocenters. The highest BCUT2D eigenvalue weighted by Gasteiger charge is 2.31. The van der Waals surface area contributed by atoms with Gasteiger partial charge < -0.3 is 14.3 Å². The van der Waals surface area contributed by atoms with Gasteiger partial charge >= 0.3 is 5.63 Å². The van der Waals surface area contributed by atoms with Crippen molar-refractivity contribution in [1.29, 1.82) is 0 Å².